The van der Waals surface area contributed by atoms with E-state index in [0.29, 0.717) is 11.8 Å². The van der Waals surface area contributed by atoms with Crippen molar-refractivity contribution in [2.75, 3.05) is 31.1 Å². The molecular weight excluding hydrogens is 356 g/mol. The number of thiophene rings is 1. The lowest BCUT2D eigenvalue weighted by Crippen LogP contribution is -2.50. The van der Waals surface area contributed by atoms with Crippen LogP contribution < -0.4 is 4.90 Å². The summed E-state index contributed by atoms with van der Waals surface area (Å²) < 4.78 is 0. The van der Waals surface area contributed by atoms with Gasteiger partial charge in [0.1, 0.15) is 16.5 Å². The first-order valence-electron chi connectivity index (χ1n) is 10.4. The van der Waals surface area contributed by atoms with Crippen LogP contribution in [0.2, 0.25) is 0 Å². The van der Waals surface area contributed by atoms with Gasteiger partial charge in [-0.05, 0) is 45.1 Å². The minimum Gasteiger partial charge on any atom is -0.352 e. The molecule has 3 aliphatic rings. The van der Waals surface area contributed by atoms with Crippen LogP contribution in [0, 0.1) is 19.8 Å². The molecule has 0 spiro atoms. The van der Waals surface area contributed by atoms with E-state index >= 15 is 0 Å². The summed E-state index contributed by atoms with van der Waals surface area (Å²) in [6.07, 6.45) is 7.05. The SMILES string of the molecule is Cc1sc2nc(C3CC3)nc(N3CCN(C(=O)C4CCCC4)CC3)c2c1C. The lowest BCUT2D eigenvalue weighted by molar-refractivity contribution is -0.135. The number of piperazine rings is 1. The molecule has 0 bridgehead atoms. The van der Waals surface area contributed by atoms with Crippen LogP contribution in [0.25, 0.3) is 10.2 Å². The van der Waals surface area contributed by atoms with Crippen molar-refractivity contribution >= 4 is 33.3 Å². The van der Waals surface area contributed by atoms with E-state index in [-0.39, 0.29) is 5.92 Å². The van der Waals surface area contributed by atoms with Crippen molar-refractivity contribution in [3.8, 4) is 0 Å². The van der Waals surface area contributed by atoms with E-state index in [4.69, 9.17) is 9.97 Å². The molecule has 2 aromatic rings. The number of nitrogens with zero attached hydrogens (tertiary/aromatic N) is 4. The number of rotatable bonds is 3. The average Bonchev–Trinajstić information content (AvgIpc) is 3.32. The van der Waals surface area contributed by atoms with Crippen LogP contribution >= 0.6 is 11.3 Å². The summed E-state index contributed by atoms with van der Waals surface area (Å²) >= 11 is 1.80. The molecule has 2 aliphatic carbocycles. The van der Waals surface area contributed by atoms with Crippen LogP contribution in [0.5, 0.6) is 0 Å². The molecule has 5 nitrogen and oxygen atoms in total. The molecule has 3 heterocycles. The van der Waals surface area contributed by atoms with Crippen molar-refractivity contribution in [3.63, 3.8) is 0 Å². The molecule has 0 radical (unpaired) electrons. The topological polar surface area (TPSA) is 49.3 Å². The standard InChI is InChI=1S/C21H28N4OS/c1-13-14(2)27-20-17(13)19(22-18(23-20)15-7-8-15)24-9-11-25(12-10-24)21(26)16-5-3-4-6-16/h15-16H,3-12H2,1-2H3. The summed E-state index contributed by atoms with van der Waals surface area (Å²) in [5.41, 5.74) is 1.32. The third-order valence-corrected chi connectivity index (χ3v) is 7.67. The summed E-state index contributed by atoms with van der Waals surface area (Å²) in [4.78, 5) is 29.6. The molecule has 1 aliphatic heterocycles. The Hall–Kier alpha value is -1.69. The maximum Gasteiger partial charge on any atom is 0.225 e. The zero-order valence-corrected chi connectivity index (χ0v) is 17.1. The molecular formula is C21H28N4OS. The first-order valence-corrected chi connectivity index (χ1v) is 11.2. The molecule has 5 rings (SSSR count). The Labute approximate surface area is 164 Å². The third-order valence-electron chi connectivity index (χ3n) is 6.56. The van der Waals surface area contributed by atoms with E-state index in [1.807, 2.05) is 0 Å². The first-order chi connectivity index (χ1) is 13.1. The van der Waals surface area contributed by atoms with Crippen molar-refractivity contribution in [2.45, 2.75) is 58.3 Å². The number of hydrogen-bond donors (Lipinski definition) is 0. The Morgan fingerprint density at radius 3 is 2.37 bits per heavy atom. The van der Waals surface area contributed by atoms with Crippen molar-refractivity contribution in [1.29, 1.82) is 0 Å². The highest BCUT2D eigenvalue weighted by Crippen LogP contribution is 2.42. The van der Waals surface area contributed by atoms with Gasteiger partial charge in [-0.15, -0.1) is 11.3 Å². The predicted octanol–water partition coefficient (Wildman–Crippen LogP) is 4.02. The molecule has 1 amide bonds. The van der Waals surface area contributed by atoms with Gasteiger partial charge in [0.05, 0.1) is 5.39 Å². The third kappa shape index (κ3) is 3.12. The van der Waals surface area contributed by atoms with E-state index < -0.39 is 0 Å². The number of hydrogen-bond acceptors (Lipinski definition) is 5. The van der Waals surface area contributed by atoms with E-state index in [0.717, 1.165) is 55.5 Å². The minimum atomic E-state index is 0.283. The van der Waals surface area contributed by atoms with E-state index in [9.17, 15) is 4.79 Å². The summed E-state index contributed by atoms with van der Waals surface area (Å²) in [5.74, 6) is 3.37. The lowest BCUT2D eigenvalue weighted by Gasteiger charge is -2.37. The average molecular weight is 385 g/mol. The van der Waals surface area contributed by atoms with E-state index in [2.05, 4.69) is 23.6 Å². The molecule has 27 heavy (non-hydrogen) atoms. The second kappa shape index (κ2) is 6.73. The smallest absolute Gasteiger partial charge is 0.225 e. The van der Waals surface area contributed by atoms with Crippen molar-refractivity contribution in [2.24, 2.45) is 5.92 Å². The normalized spacial score (nSPS) is 21.4. The van der Waals surface area contributed by atoms with Gasteiger partial charge in [-0.1, -0.05) is 12.8 Å². The van der Waals surface area contributed by atoms with E-state index in [1.165, 1.54) is 41.5 Å². The van der Waals surface area contributed by atoms with Crippen molar-refractivity contribution in [3.05, 3.63) is 16.3 Å². The number of aryl methyl sites for hydroxylation is 2. The van der Waals surface area contributed by atoms with Crippen LogP contribution in [0.3, 0.4) is 0 Å². The van der Waals surface area contributed by atoms with Crippen LogP contribution in [-0.4, -0.2) is 47.0 Å². The van der Waals surface area contributed by atoms with E-state index in [1.54, 1.807) is 11.3 Å². The predicted molar refractivity (Wildman–Crippen MR) is 110 cm³/mol. The number of carbonyl (C=O) groups excluding carboxylic acids is 1. The second-order valence-corrected chi connectivity index (χ2v) is 9.64. The fourth-order valence-corrected chi connectivity index (χ4v) is 5.60. The Balaban J connectivity index is 1.40. The quantitative estimate of drug-likeness (QED) is 0.802. The number of anilines is 1. The zero-order chi connectivity index (χ0) is 18.5. The molecule has 6 heteroatoms. The minimum absolute atomic E-state index is 0.283. The summed E-state index contributed by atoms with van der Waals surface area (Å²) in [6.45, 7) is 7.77. The van der Waals surface area contributed by atoms with Gasteiger partial charge in [0.2, 0.25) is 5.91 Å². The van der Waals surface area contributed by atoms with Gasteiger partial charge in [-0.25, -0.2) is 9.97 Å². The molecule has 2 aromatic heterocycles. The van der Waals surface area contributed by atoms with Gasteiger partial charge >= 0.3 is 0 Å². The fraction of sp³-hybridized carbons (Fsp3) is 0.667. The maximum absolute atomic E-state index is 12.7. The van der Waals surface area contributed by atoms with Crippen molar-refractivity contribution in [1.82, 2.24) is 14.9 Å². The maximum atomic E-state index is 12.7. The Morgan fingerprint density at radius 1 is 1.00 bits per heavy atom. The molecule has 144 valence electrons. The number of carbonyl (C=O) groups is 1. The van der Waals surface area contributed by atoms with Crippen LogP contribution in [0.4, 0.5) is 5.82 Å². The molecule has 2 saturated carbocycles. The molecule has 0 N–H and O–H groups in total. The lowest BCUT2D eigenvalue weighted by atomic mass is 10.1. The van der Waals surface area contributed by atoms with Gasteiger partial charge in [-0.3, -0.25) is 4.79 Å². The van der Waals surface area contributed by atoms with Gasteiger partial charge in [0, 0.05) is 42.9 Å². The highest BCUT2D eigenvalue weighted by Gasteiger charge is 2.32. The number of amides is 1. The van der Waals surface area contributed by atoms with Gasteiger partial charge in [0.15, 0.2) is 0 Å². The monoisotopic (exact) mass is 384 g/mol. The molecule has 0 aromatic carbocycles. The van der Waals surface area contributed by atoms with Gasteiger partial charge < -0.3 is 9.80 Å². The number of fused-ring (bicyclic) bond motifs is 1. The molecule has 0 atom stereocenters. The molecule has 1 saturated heterocycles. The molecule has 0 unspecified atom stereocenters. The Bertz CT molecular complexity index is 874. The zero-order valence-electron chi connectivity index (χ0n) is 16.3. The highest BCUT2D eigenvalue weighted by molar-refractivity contribution is 7.18. The fourth-order valence-electron chi connectivity index (χ4n) is 4.57. The largest absolute Gasteiger partial charge is 0.352 e. The van der Waals surface area contributed by atoms with Crippen LogP contribution in [-0.2, 0) is 4.79 Å². The van der Waals surface area contributed by atoms with Crippen LogP contribution in [0.15, 0.2) is 0 Å². The second-order valence-electron chi connectivity index (χ2n) is 8.44. The molecule has 3 fully saturated rings. The Kier molecular flexibility index (Phi) is 4.34. The van der Waals surface area contributed by atoms with Gasteiger partial charge in [0.25, 0.3) is 0 Å². The van der Waals surface area contributed by atoms with Gasteiger partial charge in [-0.2, -0.15) is 0 Å². The summed E-state index contributed by atoms with van der Waals surface area (Å²) in [6, 6.07) is 0. The summed E-state index contributed by atoms with van der Waals surface area (Å²) in [7, 11) is 0. The highest BCUT2D eigenvalue weighted by atomic mass is 32.1. The number of aromatic nitrogens is 2. The van der Waals surface area contributed by atoms with Crippen LogP contribution in [0.1, 0.15) is 60.7 Å². The first kappa shape index (κ1) is 17.4. The summed E-state index contributed by atoms with van der Waals surface area (Å²) in [5, 5.41) is 1.23. The van der Waals surface area contributed by atoms with Crippen molar-refractivity contribution < 1.29 is 4.79 Å². The Morgan fingerprint density at radius 2 is 1.70 bits per heavy atom.